The lowest BCUT2D eigenvalue weighted by Gasteiger charge is -2.08. The van der Waals surface area contributed by atoms with Gasteiger partial charge in [-0.25, -0.2) is 0 Å². The number of nitrogens with zero attached hydrogens (tertiary/aromatic N) is 1. The van der Waals surface area contributed by atoms with Crippen LogP contribution in [0.1, 0.15) is 39.3 Å². The quantitative estimate of drug-likeness (QED) is 0.874. The van der Waals surface area contributed by atoms with E-state index >= 15 is 0 Å². The van der Waals surface area contributed by atoms with E-state index in [1.807, 2.05) is 23.9 Å². The molecule has 1 aromatic heterocycles. The second-order valence-electron chi connectivity index (χ2n) is 5.22. The number of phenols is 1. The van der Waals surface area contributed by atoms with Crippen LogP contribution in [0.4, 0.5) is 0 Å². The Labute approximate surface area is 113 Å². The zero-order valence-electron chi connectivity index (χ0n) is 11.5. The van der Waals surface area contributed by atoms with Crippen molar-refractivity contribution in [2.45, 2.75) is 44.7 Å². The molecule has 0 spiro atoms. The Kier molecular flexibility index (Phi) is 3.91. The van der Waals surface area contributed by atoms with Gasteiger partial charge < -0.3 is 9.67 Å². The van der Waals surface area contributed by atoms with Gasteiger partial charge in [0.1, 0.15) is 5.75 Å². The zero-order valence-corrected chi connectivity index (χ0v) is 12.3. The Morgan fingerprint density at radius 2 is 1.94 bits per heavy atom. The van der Waals surface area contributed by atoms with Gasteiger partial charge in [0.25, 0.3) is 0 Å². The Morgan fingerprint density at radius 1 is 1.22 bits per heavy atom. The summed E-state index contributed by atoms with van der Waals surface area (Å²) in [5.41, 5.74) is 2.52. The Bertz CT molecular complexity index is 543. The molecular formula is C15H21NOS. The minimum atomic E-state index is 0.347. The van der Waals surface area contributed by atoms with E-state index in [1.165, 1.54) is 16.5 Å². The molecule has 2 nitrogen and oxygen atoms in total. The van der Waals surface area contributed by atoms with Crippen molar-refractivity contribution in [1.82, 2.24) is 4.57 Å². The normalized spacial score (nSPS) is 11.9. The summed E-state index contributed by atoms with van der Waals surface area (Å²) in [6, 6.07) is 6.09. The van der Waals surface area contributed by atoms with Crippen molar-refractivity contribution in [3.05, 3.63) is 30.0 Å². The lowest BCUT2D eigenvalue weighted by Crippen LogP contribution is -1.97. The maximum Gasteiger partial charge on any atom is 0.116 e. The molecule has 2 rings (SSSR count). The van der Waals surface area contributed by atoms with Crippen molar-refractivity contribution < 1.29 is 5.11 Å². The van der Waals surface area contributed by atoms with Crippen LogP contribution in [0, 0.1) is 0 Å². The van der Waals surface area contributed by atoms with E-state index < -0.39 is 0 Å². The third kappa shape index (κ3) is 2.66. The highest BCUT2D eigenvalue weighted by Gasteiger charge is 2.11. The minimum Gasteiger partial charge on any atom is -0.508 e. The number of rotatable bonds is 4. The highest BCUT2D eigenvalue weighted by molar-refractivity contribution is 7.99. The number of aromatic hydroxyl groups is 1. The lowest BCUT2D eigenvalue weighted by molar-refractivity contribution is 0.476. The number of aromatic nitrogens is 1. The lowest BCUT2D eigenvalue weighted by atomic mass is 10.2. The van der Waals surface area contributed by atoms with Gasteiger partial charge in [-0.15, -0.1) is 0 Å². The fourth-order valence-corrected chi connectivity index (χ4v) is 2.85. The molecule has 0 radical (unpaired) electrons. The summed E-state index contributed by atoms with van der Waals surface area (Å²) < 4.78 is 2.28. The highest BCUT2D eigenvalue weighted by atomic mass is 32.2. The van der Waals surface area contributed by atoms with Crippen LogP contribution in [0.3, 0.4) is 0 Å². The molecular weight excluding hydrogens is 242 g/mol. The molecule has 1 aromatic carbocycles. The fraction of sp³-hybridized carbons (Fsp3) is 0.467. The monoisotopic (exact) mass is 263 g/mol. The van der Waals surface area contributed by atoms with Gasteiger partial charge in [0, 0.05) is 28.9 Å². The number of phenolic OH excluding ortho intramolecular Hbond substituents is 1. The van der Waals surface area contributed by atoms with Gasteiger partial charge in [-0.2, -0.15) is 11.8 Å². The molecule has 0 aliphatic carbocycles. The third-order valence-electron chi connectivity index (χ3n) is 3.03. The number of fused-ring (bicyclic) bond motifs is 1. The summed E-state index contributed by atoms with van der Waals surface area (Å²) in [4.78, 5) is 0. The first-order valence-corrected chi connectivity index (χ1v) is 7.48. The van der Waals surface area contributed by atoms with Crippen LogP contribution in [0.15, 0.2) is 24.4 Å². The van der Waals surface area contributed by atoms with Gasteiger partial charge in [-0.1, -0.05) is 13.8 Å². The summed E-state index contributed by atoms with van der Waals surface area (Å²) in [5, 5.41) is 11.5. The Hall–Kier alpha value is -1.09. The molecule has 0 aliphatic heterocycles. The second kappa shape index (κ2) is 5.27. The summed E-state index contributed by atoms with van der Waals surface area (Å²) in [6.07, 6.45) is 2.23. The van der Waals surface area contributed by atoms with Crippen molar-refractivity contribution in [3.63, 3.8) is 0 Å². The topological polar surface area (TPSA) is 25.2 Å². The van der Waals surface area contributed by atoms with Gasteiger partial charge in [0.05, 0.1) is 0 Å². The van der Waals surface area contributed by atoms with Gasteiger partial charge in [-0.3, -0.25) is 0 Å². The van der Waals surface area contributed by atoms with Crippen LogP contribution in [-0.2, 0) is 5.75 Å². The first kappa shape index (κ1) is 13.3. The van der Waals surface area contributed by atoms with Crippen molar-refractivity contribution in [3.8, 4) is 5.75 Å². The molecule has 3 heteroatoms. The largest absolute Gasteiger partial charge is 0.508 e. The number of benzene rings is 1. The summed E-state index contributed by atoms with van der Waals surface area (Å²) in [5.74, 6) is 1.34. The number of thioether (sulfide) groups is 1. The van der Waals surface area contributed by atoms with Crippen LogP contribution in [0.5, 0.6) is 5.75 Å². The van der Waals surface area contributed by atoms with E-state index in [1.54, 1.807) is 6.07 Å². The van der Waals surface area contributed by atoms with E-state index in [0.29, 0.717) is 17.0 Å². The molecule has 18 heavy (non-hydrogen) atoms. The predicted molar refractivity (Wildman–Crippen MR) is 80.4 cm³/mol. The van der Waals surface area contributed by atoms with Crippen molar-refractivity contribution >= 4 is 22.7 Å². The molecule has 0 bridgehead atoms. The minimum absolute atomic E-state index is 0.347. The maximum absolute atomic E-state index is 9.66. The Morgan fingerprint density at radius 3 is 2.56 bits per heavy atom. The number of hydrogen-bond acceptors (Lipinski definition) is 2. The van der Waals surface area contributed by atoms with Crippen molar-refractivity contribution in [2.24, 2.45) is 0 Å². The molecule has 0 fully saturated rings. The van der Waals surface area contributed by atoms with Crippen LogP contribution in [0.25, 0.3) is 10.9 Å². The SMILES string of the molecule is CC(C)SCc1cn(C(C)C)c2ccc(O)cc12. The molecule has 0 saturated heterocycles. The highest BCUT2D eigenvalue weighted by Crippen LogP contribution is 2.31. The summed E-state index contributed by atoms with van der Waals surface area (Å²) in [7, 11) is 0. The standard InChI is InChI=1S/C15H21NOS/c1-10(2)16-8-12(9-18-11(3)4)14-7-13(17)5-6-15(14)16/h5-8,10-11,17H,9H2,1-4H3. The molecule has 0 unspecified atom stereocenters. The fourth-order valence-electron chi connectivity index (χ4n) is 2.11. The Balaban J connectivity index is 2.48. The van der Waals surface area contributed by atoms with Crippen LogP contribution >= 0.6 is 11.8 Å². The average Bonchev–Trinajstić information content (AvgIpc) is 2.64. The first-order valence-electron chi connectivity index (χ1n) is 6.43. The first-order chi connectivity index (χ1) is 8.49. The number of hydrogen-bond donors (Lipinski definition) is 1. The van der Waals surface area contributed by atoms with Crippen molar-refractivity contribution in [1.29, 1.82) is 0 Å². The van der Waals surface area contributed by atoms with Crippen LogP contribution in [0.2, 0.25) is 0 Å². The third-order valence-corrected chi connectivity index (χ3v) is 4.17. The molecule has 1 heterocycles. The van der Waals surface area contributed by atoms with Gasteiger partial charge in [0.2, 0.25) is 0 Å². The van der Waals surface area contributed by atoms with Crippen LogP contribution in [-0.4, -0.2) is 14.9 Å². The molecule has 1 N–H and O–H groups in total. The molecule has 98 valence electrons. The summed E-state index contributed by atoms with van der Waals surface area (Å²) in [6.45, 7) is 8.80. The smallest absolute Gasteiger partial charge is 0.116 e. The maximum atomic E-state index is 9.66. The van der Waals surface area contributed by atoms with E-state index in [0.717, 1.165) is 5.75 Å². The van der Waals surface area contributed by atoms with Crippen molar-refractivity contribution in [2.75, 3.05) is 0 Å². The molecule has 0 saturated carbocycles. The van der Waals surface area contributed by atoms with E-state index in [9.17, 15) is 5.11 Å². The van der Waals surface area contributed by atoms with Gasteiger partial charge in [0.15, 0.2) is 0 Å². The van der Waals surface area contributed by atoms with Gasteiger partial charge in [-0.05, 0) is 42.9 Å². The van der Waals surface area contributed by atoms with E-state index in [-0.39, 0.29) is 0 Å². The zero-order chi connectivity index (χ0) is 13.3. The summed E-state index contributed by atoms with van der Waals surface area (Å²) >= 11 is 1.94. The van der Waals surface area contributed by atoms with Gasteiger partial charge >= 0.3 is 0 Å². The average molecular weight is 263 g/mol. The van der Waals surface area contributed by atoms with Crippen LogP contribution < -0.4 is 0 Å². The van der Waals surface area contributed by atoms with E-state index in [4.69, 9.17) is 0 Å². The predicted octanol–water partition coefficient (Wildman–Crippen LogP) is 4.57. The molecule has 0 atom stereocenters. The molecule has 2 aromatic rings. The molecule has 0 amide bonds. The second-order valence-corrected chi connectivity index (χ2v) is 6.78. The van der Waals surface area contributed by atoms with E-state index in [2.05, 4.69) is 38.5 Å². The molecule has 0 aliphatic rings.